The molecule has 0 saturated heterocycles. The Morgan fingerprint density at radius 2 is 1.78 bits per heavy atom. The molecule has 0 unspecified atom stereocenters. The lowest BCUT2D eigenvalue weighted by atomic mass is 10.2. The van der Waals surface area contributed by atoms with Crippen LogP contribution in [0.2, 0.25) is 0 Å². The zero-order valence-electron chi connectivity index (χ0n) is 14.8. The fourth-order valence-corrected chi connectivity index (χ4v) is 3.21. The Bertz CT molecular complexity index is 938. The lowest BCUT2D eigenvalue weighted by Crippen LogP contribution is -2.34. The van der Waals surface area contributed by atoms with Gasteiger partial charge in [0, 0.05) is 11.3 Å². The highest BCUT2D eigenvalue weighted by molar-refractivity contribution is 7.99. The Morgan fingerprint density at radius 1 is 1.07 bits per heavy atom. The second-order valence-electron chi connectivity index (χ2n) is 5.87. The minimum absolute atomic E-state index is 0.103. The van der Waals surface area contributed by atoms with Crippen molar-refractivity contribution in [2.45, 2.75) is 12.1 Å². The molecule has 3 N–H and O–H groups in total. The quantitative estimate of drug-likeness (QED) is 0.609. The first-order chi connectivity index (χ1) is 13.0. The number of nitrogens with one attached hydrogen (secondary N) is 1. The number of hydrogen-bond donors (Lipinski definition) is 2. The molecule has 138 valence electrons. The highest BCUT2D eigenvalue weighted by Gasteiger charge is 2.17. The van der Waals surface area contributed by atoms with Crippen molar-refractivity contribution in [3.05, 3.63) is 60.2 Å². The lowest BCUT2D eigenvalue weighted by molar-refractivity contribution is -0.123. The molecule has 0 atom stereocenters. The third kappa shape index (κ3) is 4.73. The molecule has 0 aliphatic heterocycles. The van der Waals surface area contributed by atoms with Gasteiger partial charge in [-0.3, -0.25) is 14.2 Å². The third-order valence-electron chi connectivity index (χ3n) is 3.75. The Kier molecular flexibility index (Phi) is 5.87. The Morgan fingerprint density at radius 3 is 2.44 bits per heavy atom. The number of aryl methyl sites for hydroxylation is 1. The fourth-order valence-electron chi connectivity index (χ4n) is 2.43. The van der Waals surface area contributed by atoms with Crippen molar-refractivity contribution in [2.75, 3.05) is 12.3 Å². The Balaban J connectivity index is 1.90. The van der Waals surface area contributed by atoms with Crippen molar-refractivity contribution in [2.24, 2.45) is 5.73 Å². The number of carbonyl (C=O) groups is 2. The zero-order valence-corrected chi connectivity index (χ0v) is 15.6. The molecule has 0 bridgehead atoms. The van der Waals surface area contributed by atoms with Crippen molar-refractivity contribution in [3.8, 4) is 17.1 Å². The van der Waals surface area contributed by atoms with E-state index >= 15 is 0 Å². The van der Waals surface area contributed by atoms with Gasteiger partial charge < -0.3 is 11.1 Å². The highest BCUT2D eigenvalue weighted by Crippen LogP contribution is 2.27. The number of nitrogens with two attached hydrogens (primary N) is 1. The fraction of sp³-hybridized carbons (Fsp3) is 0.158. The molecule has 3 rings (SSSR count). The first-order valence-corrected chi connectivity index (χ1v) is 9.29. The molecular formula is C19H19N5O2S. The summed E-state index contributed by atoms with van der Waals surface area (Å²) in [6, 6.07) is 17.7. The van der Waals surface area contributed by atoms with Gasteiger partial charge in [-0.2, -0.15) is 0 Å². The van der Waals surface area contributed by atoms with E-state index in [9.17, 15) is 9.59 Å². The summed E-state index contributed by atoms with van der Waals surface area (Å²) in [7, 11) is 0. The van der Waals surface area contributed by atoms with E-state index in [2.05, 4.69) is 15.5 Å². The van der Waals surface area contributed by atoms with Gasteiger partial charge in [-0.15, -0.1) is 10.2 Å². The number of thioether (sulfide) groups is 1. The zero-order chi connectivity index (χ0) is 19.2. The van der Waals surface area contributed by atoms with Crippen LogP contribution in [0.1, 0.15) is 5.56 Å². The molecule has 0 fully saturated rings. The van der Waals surface area contributed by atoms with Crippen molar-refractivity contribution < 1.29 is 9.59 Å². The summed E-state index contributed by atoms with van der Waals surface area (Å²) >= 11 is 1.25. The van der Waals surface area contributed by atoms with E-state index in [4.69, 9.17) is 5.73 Å². The minimum Gasteiger partial charge on any atom is -0.368 e. The van der Waals surface area contributed by atoms with Crippen LogP contribution in [0.5, 0.6) is 0 Å². The summed E-state index contributed by atoms with van der Waals surface area (Å²) in [4.78, 5) is 22.7. The normalized spacial score (nSPS) is 10.6. The number of nitrogens with zero attached hydrogens (tertiary/aromatic N) is 3. The van der Waals surface area contributed by atoms with Crippen LogP contribution in [-0.2, 0) is 9.59 Å². The average Bonchev–Trinajstić information content (AvgIpc) is 3.10. The first-order valence-electron chi connectivity index (χ1n) is 8.30. The van der Waals surface area contributed by atoms with E-state index in [1.165, 1.54) is 11.8 Å². The molecule has 3 aromatic rings. The second kappa shape index (κ2) is 8.50. The first kappa shape index (κ1) is 18.7. The van der Waals surface area contributed by atoms with E-state index in [-0.39, 0.29) is 18.2 Å². The number of hydrogen-bond acceptors (Lipinski definition) is 5. The van der Waals surface area contributed by atoms with Crippen LogP contribution < -0.4 is 11.1 Å². The maximum atomic E-state index is 11.9. The van der Waals surface area contributed by atoms with Crippen LogP contribution in [0.4, 0.5) is 0 Å². The highest BCUT2D eigenvalue weighted by atomic mass is 32.2. The molecule has 0 aliphatic carbocycles. The van der Waals surface area contributed by atoms with E-state index in [1.807, 2.05) is 66.1 Å². The molecular weight excluding hydrogens is 362 g/mol. The summed E-state index contributed by atoms with van der Waals surface area (Å²) < 4.78 is 1.92. The SMILES string of the molecule is Cc1ccc(-n2c(SCC(=O)NCC(N)=O)nnc2-c2ccccc2)cc1. The van der Waals surface area contributed by atoms with E-state index in [1.54, 1.807) is 0 Å². The van der Waals surface area contributed by atoms with Gasteiger partial charge in [0.15, 0.2) is 11.0 Å². The smallest absolute Gasteiger partial charge is 0.236 e. The van der Waals surface area contributed by atoms with Crippen LogP contribution in [0.3, 0.4) is 0 Å². The van der Waals surface area contributed by atoms with Crippen LogP contribution in [0, 0.1) is 6.92 Å². The van der Waals surface area contributed by atoms with Gasteiger partial charge in [-0.1, -0.05) is 59.8 Å². The molecule has 8 heteroatoms. The maximum Gasteiger partial charge on any atom is 0.236 e. The molecule has 0 spiro atoms. The predicted molar refractivity (Wildman–Crippen MR) is 104 cm³/mol. The van der Waals surface area contributed by atoms with Crippen LogP contribution >= 0.6 is 11.8 Å². The lowest BCUT2D eigenvalue weighted by Gasteiger charge is -2.10. The topological polar surface area (TPSA) is 103 Å². The van der Waals surface area contributed by atoms with Crippen LogP contribution in [0.25, 0.3) is 17.1 Å². The minimum atomic E-state index is -0.581. The van der Waals surface area contributed by atoms with Crippen molar-refractivity contribution in [3.63, 3.8) is 0 Å². The van der Waals surface area contributed by atoms with Gasteiger partial charge in [0.25, 0.3) is 0 Å². The number of aromatic nitrogens is 3. The van der Waals surface area contributed by atoms with Crippen LogP contribution in [-0.4, -0.2) is 38.9 Å². The van der Waals surface area contributed by atoms with Crippen molar-refractivity contribution >= 4 is 23.6 Å². The third-order valence-corrected chi connectivity index (χ3v) is 4.68. The number of carbonyl (C=O) groups excluding carboxylic acids is 2. The summed E-state index contributed by atoms with van der Waals surface area (Å²) in [5.74, 6) is -0.0768. The molecule has 2 amide bonds. The summed E-state index contributed by atoms with van der Waals surface area (Å²) in [5, 5.41) is 11.6. The molecule has 2 aromatic carbocycles. The van der Waals surface area contributed by atoms with Gasteiger partial charge in [0.05, 0.1) is 12.3 Å². The van der Waals surface area contributed by atoms with Gasteiger partial charge in [0.2, 0.25) is 11.8 Å². The molecule has 1 heterocycles. The molecule has 7 nitrogen and oxygen atoms in total. The largest absolute Gasteiger partial charge is 0.368 e. The number of primary amides is 1. The molecule has 1 aromatic heterocycles. The number of rotatable bonds is 7. The summed E-state index contributed by atoms with van der Waals surface area (Å²) in [5.41, 5.74) is 8.02. The van der Waals surface area contributed by atoms with Crippen LogP contribution in [0.15, 0.2) is 59.8 Å². The van der Waals surface area contributed by atoms with E-state index in [0.717, 1.165) is 16.8 Å². The number of benzene rings is 2. The van der Waals surface area contributed by atoms with E-state index in [0.29, 0.717) is 11.0 Å². The molecule has 0 saturated carbocycles. The van der Waals surface area contributed by atoms with Gasteiger partial charge in [0.1, 0.15) is 0 Å². The van der Waals surface area contributed by atoms with E-state index < -0.39 is 5.91 Å². The Hall–Kier alpha value is -3.13. The van der Waals surface area contributed by atoms with Gasteiger partial charge in [-0.05, 0) is 19.1 Å². The maximum absolute atomic E-state index is 11.9. The average molecular weight is 381 g/mol. The van der Waals surface area contributed by atoms with Crippen molar-refractivity contribution in [1.82, 2.24) is 20.1 Å². The standard InChI is InChI=1S/C19H19N5O2S/c1-13-7-9-15(10-8-13)24-18(14-5-3-2-4-6-14)22-23-19(24)27-12-17(26)21-11-16(20)25/h2-10H,11-12H2,1H3,(H2,20,25)(H,21,26). The Labute approximate surface area is 161 Å². The predicted octanol–water partition coefficient (Wildman–Crippen LogP) is 1.94. The molecule has 0 aliphatic rings. The van der Waals surface area contributed by atoms with Gasteiger partial charge >= 0.3 is 0 Å². The monoisotopic (exact) mass is 381 g/mol. The summed E-state index contributed by atoms with van der Waals surface area (Å²) in [6.45, 7) is 1.84. The van der Waals surface area contributed by atoms with Gasteiger partial charge in [-0.25, -0.2) is 0 Å². The second-order valence-corrected chi connectivity index (χ2v) is 6.82. The summed E-state index contributed by atoms with van der Waals surface area (Å²) in [6.07, 6.45) is 0. The van der Waals surface area contributed by atoms with Crippen molar-refractivity contribution in [1.29, 1.82) is 0 Å². The number of amides is 2. The molecule has 27 heavy (non-hydrogen) atoms. The molecule has 0 radical (unpaired) electrons.